The Bertz CT molecular complexity index is 598. The van der Waals surface area contributed by atoms with E-state index in [-0.39, 0.29) is 5.41 Å². The number of nitrogens with one attached hydrogen (secondary N) is 1. The van der Waals surface area contributed by atoms with Gasteiger partial charge in [-0.3, -0.25) is 5.43 Å². The van der Waals surface area contributed by atoms with Gasteiger partial charge in [0.2, 0.25) is 0 Å². The molecule has 2 aromatic heterocycles. The molecule has 0 spiro atoms. The molecular formula is C17H24N4S. The predicted octanol–water partition coefficient (Wildman–Crippen LogP) is 4.65. The van der Waals surface area contributed by atoms with Gasteiger partial charge in [-0.1, -0.05) is 26.8 Å². The number of nitrogens with zero attached hydrogens (tertiary/aromatic N) is 3. The van der Waals surface area contributed by atoms with E-state index in [9.17, 15) is 0 Å². The number of rotatable bonds is 7. The van der Waals surface area contributed by atoms with E-state index >= 15 is 0 Å². The number of hydrogen-bond acceptors (Lipinski definition) is 5. The highest BCUT2D eigenvalue weighted by molar-refractivity contribution is 7.10. The van der Waals surface area contributed by atoms with Crippen LogP contribution in [0.2, 0.25) is 0 Å². The van der Waals surface area contributed by atoms with Crippen LogP contribution in [0.15, 0.2) is 34.7 Å². The van der Waals surface area contributed by atoms with Crippen LogP contribution in [0.4, 0.5) is 5.82 Å². The van der Waals surface area contributed by atoms with Gasteiger partial charge >= 0.3 is 0 Å². The zero-order valence-electron chi connectivity index (χ0n) is 13.8. The van der Waals surface area contributed by atoms with Crippen molar-refractivity contribution in [3.8, 4) is 0 Å². The van der Waals surface area contributed by atoms with Crippen LogP contribution in [0.25, 0.3) is 0 Å². The molecule has 0 amide bonds. The first-order chi connectivity index (χ1) is 10.6. The average molecular weight is 316 g/mol. The lowest BCUT2D eigenvalue weighted by atomic mass is 9.81. The fourth-order valence-electron chi connectivity index (χ4n) is 2.18. The first-order valence-electron chi connectivity index (χ1n) is 7.73. The second-order valence-electron chi connectivity index (χ2n) is 5.79. The average Bonchev–Trinajstić information content (AvgIpc) is 3.05. The summed E-state index contributed by atoms with van der Waals surface area (Å²) in [6.07, 6.45) is 2.98. The summed E-state index contributed by atoms with van der Waals surface area (Å²) in [5.41, 5.74) is 5.16. The Hall–Kier alpha value is -1.75. The van der Waals surface area contributed by atoms with Crippen LogP contribution in [-0.2, 0) is 11.8 Å². The summed E-state index contributed by atoms with van der Waals surface area (Å²) in [5.74, 6) is 0.684. The summed E-state index contributed by atoms with van der Waals surface area (Å²) in [7, 11) is 0. The Balaban J connectivity index is 1.99. The minimum atomic E-state index is 0.101. The van der Waals surface area contributed by atoms with Crippen molar-refractivity contribution < 1.29 is 0 Å². The standard InChI is InChI=1S/C17H24N4S/c1-5-17(4,6-2)15-9-10-16(21-19-15)20-18-13(3)12-14-8-7-11-22-14/h7-11H,5-6,12H2,1-4H3,(H,20,21)/b18-13+. The molecule has 0 aliphatic rings. The topological polar surface area (TPSA) is 50.2 Å². The molecule has 0 fully saturated rings. The third-order valence-electron chi connectivity index (χ3n) is 4.22. The highest BCUT2D eigenvalue weighted by atomic mass is 32.1. The summed E-state index contributed by atoms with van der Waals surface area (Å²) in [5, 5.41) is 15.1. The molecule has 2 heterocycles. The molecule has 0 unspecified atom stereocenters. The molecule has 0 saturated carbocycles. The molecular weight excluding hydrogens is 292 g/mol. The lowest BCUT2D eigenvalue weighted by Crippen LogP contribution is -2.21. The van der Waals surface area contributed by atoms with Gasteiger partial charge in [0, 0.05) is 22.4 Å². The zero-order chi connectivity index (χ0) is 16.0. The Morgan fingerprint density at radius 1 is 1.23 bits per heavy atom. The summed E-state index contributed by atoms with van der Waals surface area (Å²) in [6.45, 7) is 8.62. The zero-order valence-corrected chi connectivity index (χ0v) is 14.6. The molecule has 1 N–H and O–H groups in total. The van der Waals surface area contributed by atoms with E-state index in [4.69, 9.17) is 0 Å². The second kappa shape index (κ2) is 7.49. The van der Waals surface area contributed by atoms with Gasteiger partial charge in [0.05, 0.1) is 5.69 Å². The van der Waals surface area contributed by atoms with Crippen LogP contribution in [0.3, 0.4) is 0 Å². The van der Waals surface area contributed by atoms with Gasteiger partial charge in [0.1, 0.15) is 0 Å². The maximum absolute atomic E-state index is 4.37. The lowest BCUT2D eigenvalue weighted by molar-refractivity contribution is 0.421. The number of anilines is 1. The van der Waals surface area contributed by atoms with E-state index < -0.39 is 0 Å². The van der Waals surface area contributed by atoms with Crippen molar-refractivity contribution in [1.82, 2.24) is 10.2 Å². The monoisotopic (exact) mass is 316 g/mol. The van der Waals surface area contributed by atoms with Gasteiger partial charge in [-0.25, -0.2) is 0 Å². The van der Waals surface area contributed by atoms with Gasteiger partial charge in [-0.2, -0.15) is 10.2 Å². The highest BCUT2D eigenvalue weighted by Crippen LogP contribution is 2.29. The molecule has 2 rings (SSSR count). The molecule has 2 aromatic rings. The van der Waals surface area contributed by atoms with Crippen LogP contribution in [0.5, 0.6) is 0 Å². The maximum atomic E-state index is 4.37. The largest absolute Gasteiger partial charge is 0.260 e. The minimum absolute atomic E-state index is 0.101. The van der Waals surface area contributed by atoms with Crippen molar-refractivity contribution in [2.75, 3.05) is 5.43 Å². The third-order valence-corrected chi connectivity index (χ3v) is 5.09. The van der Waals surface area contributed by atoms with Crippen LogP contribution < -0.4 is 5.43 Å². The van der Waals surface area contributed by atoms with Gasteiger partial charge in [0.15, 0.2) is 5.82 Å². The molecule has 22 heavy (non-hydrogen) atoms. The van der Waals surface area contributed by atoms with Gasteiger partial charge in [-0.05, 0) is 43.3 Å². The quantitative estimate of drug-likeness (QED) is 0.597. The van der Waals surface area contributed by atoms with E-state index in [1.807, 2.05) is 19.1 Å². The molecule has 0 aliphatic heterocycles. The summed E-state index contributed by atoms with van der Waals surface area (Å²) < 4.78 is 0. The number of aromatic nitrogens is 2. The number of hydrazone groups is 1. The molecule has 4 nitrogen and oxygen atoms in total. The summed E-state index contributed by atoms with van der Waals surface area (Å²) in [4.78, 5) is 1.31. The Labute approximate surface area is 136 Å². The third kappa shape index (κ3) is 4.13. The van der Waals surface area contributed by atoms with Crippen molar-refractivity contribution >= 4 is 22.9 Å². The minimum Gasteiger partial charge on any atom is -0.260 e. The van der Waals surface area contributed by atoms with E-state index in [2.05, 4.69) is 59.0 Å². The van der Waals surface area contributed by atoms with Gasteiger partial charge in [-0.15, -0.1) is 16.4 Å². The van der Waals surface area contributed by atoms with Crippen LogP contribution in [0, 0.1) is 0 Å². The molecule has 0 aromatic carbocycles. The van der Waals surface area contributed by atoms with Crippen LogP contribution >= 0.6 is 11.3 Å². The van der Waals surface area contributed by atoms with Crippen molar-refractivity contribution in [2.24, 2.45) is 5.10 Å². The Morgan fingerprint density at radius 2 is 2.00 bits per heavy atom. The maximum Gasteiger partial charge on any atom is 0.168 e. The predicted molar refractivity (Wildman–Crippen MR) is 94.7 cm³/mol. The normalized spacial score (nSPS) is 12.5. The highest BCUT2D eigenvalue weighted by Gasteiger charge is 2.24. The molecule has 0 saturated heterocycles. The van der Waals surface area contributed by atoms with E-state index in [0.29, 0.717) is 5.82 Å². The summed E-state index contributed by atoms with van der Waals surface area (Å²) in [6, 6.07) is 8.18. The molecule has 0 atom stereocenters. The number of hydrogen-bond donors (Lipinski definition) is 1. The molecule has 0 aliphatic carbocycles. The van der Waals surface area contributed by atoms with Gasteiger partial charge in [0.25, 0.3) is 0 Å². The van der Waals surface area contributed by atoms with E-state index in [1.165, 1.54) is 4.88 Å². The SMILES string of the molecule is CCC(C)(CC)c1ccc(N/N=C(\C)Cc2cccs2)nn1. The Kier molecular flexibility index (Phi) is 5.66. The van der Waals surface area contributed by atoms with Crippen LogP contribution in [-0.4, -0.2) is 15.9 Å². The lowest BCUT2D eigenvalue weighted by Gasteiger charge is -2.25. The fourth-order valence-corrected chi connectivity index (χ4v) is 2.96. The number of thiophene rings is 1. The van der Waals surface area contributed by atoms with Crippen molar-refractivity contribution in [3.05, 3.63) is 40.2 Å². The van der Waals surface area contributed by atoms with E-state index in [0.717, 1.165) is 30.7 Å². The molecule has 118 valence electrons. The molecule has 0 bridgehead atoms. The van der Waals surface area contributed by atoms with Crippen molar-refractivity contribution in [2.45, 2.75) is 52.4 Å². The van der Waals surface area contributed by atoms with E-state index in [1.54, 1.807) is 11.3 Å². The Morgan fingerprint density at radius 3 is 2.55 bits per heavy atom. The fraction of sp³-hybridized carbons (Fsp3) is 0.471. The summed E-state index contributed by atoms with van der Waals surface area (Å²) >= 11 is 1.75. The van der Waals surface area contributed by atoms with Crippen molar-refractivity contribution in [3.63, 3.8) is 0 Å². The first-order valence-corrected chi connectivity index (χ1v) is 8.61. The molecule has 0 radical (unpaired) electrons. The smallest absolute Gasteiger partial charge is 0.168 e. The van der Waals surface area contributed by atoms with Crippen LogP contribution in [0.1, 0.15) is 51.1 Å². The molecule has 5 heteroatoms. The van der Waals surface area contributed by atoms with Gasteiger partial charge < -0.3 is 0 Å². The second-order valence-corrected chi connectivity index (χ2v) is 6.82. The van der Waals surface area contributed by atoms with Crippen molar-refractivity contribution in [1.29, 1.82) is 0 Å². The first kappa shape index (κ1) is 16.6.